The van der Waals surface area contributed by atoms with Crippen molar-refractivity contribution in [1.82, 2.24) is 10.2 Å². The average Bonchev–Trinajstić information content (AvgIpc) is 2.42. The fraction of sp³-hybridized carbons (Fsp3) is 1.00. The molecular weight excluding hydrogens is 220 g/mol. The second kappa shape index (κ2) is 7.49. The van der Waals surface area contributed by atoms with Crippen molar-refractivity contribution in [3.8, 4) is 0 Å². The molecule has 2 rings (SSSR count). The first-order chi connectivity index (χ1) is 8.81. The maximum atomic E-state index is 3.90. The van der Waals surface area contributed by atoms with Crippen LogP contribution in [0.3, 0.4) is 0 Å². The van der Waals surface area contributed by atoms with E-state index in [1.54, 1.807) is 0 Å². The number of nitrogens with one attached hydrogen (secondary N) is 1. The molecule has 18 heavy (non-hydrogen) atoms. The Bertz CT molecular complexity index is 223. The first kappa shape index (κ1) is 14.3. The second-order valence-electron chi connectivity index (χ2n) is 6.45. The van der Waals surface area contributed by atoms with E-state index in [1.807, 2.05) is 0 Å². The van der Waals surface area contributed by atoms with E-state index >= 15 is 0 Å². The van der Waals surface area contributed by atoms with Crippen molar-refractivity contribution in [2.45, 2.75) is 76.8 Å². The summed E-state index contributed by atoms with van der Waals surface area (Å²) in [6.07, 6.45) is 12.9. The molecule has 1 aliphatic carbocycles. The third-order valence-electron chi connectivity index (χ3n) is 5.20. The van der Waals surface area contributed by atoms with Gasteiger partial charge >= 0.3 is 0 Å². The fourth-order valence-corrected chi connectivity index (χ4v) is 3.87. The van der Waals surface area contributed by atoms with Crippen LogP contribution in [0.25, 0.3) is 0 Å². The Morgan fingerprint density at radius 2 is 1.78 bits per heavy atom. The highest BCUT2D eigenvalue weighted by molar-refractivity contribution is 4.82. The molecule has 1 heterocycles. The SMILES string of the molecule is CCC(NCC1CCCCN1C)C1CCCCC1. The summed E-state index contributed by atoms with van der Waals surface area (Å²) >= 11 is 0. The van der Waals surface area contributed by atoms with Crippen molar-refractivity contribution >= 4 is 0 Å². The number of likely N-dealkylation sites (N-methyl/N-ethyl adjacent to an activating group) is 1. The number of likely N-dealkylation sites (tertiary alicyclic amines) is 1. The third kappa shape index (κ3) is 3.96. The van der Waals surface area contributed by atoms with Crippen molar-refractivity contribution in [1.29, 1.82) is 0 Å². The Morgan fingerprint density at radius 1 is 1.06 bits per heavy atom. The van der Waals surface area contributed by atoms with E-state index in [-0.39, 0.29) is 0 Å². The molecule has 1 saturated carbocycles. The largest absolute Gasteiger partial charge is 0.312 e. The van der Waals surface area contributed by atoms with Crippen LogP contribution in [0.2, 0.25) is 0 Å². The van der Waals surface area contributed by atoms with Crippen LogP contribution in [-0.4, -0.2) is 37.1 Å². The Morgan fingerprint density at radius 3 is 2.44 bits per heavy atom. The lowest BCUT2D eigenvalue weighted by Gasteiger charge is -2.36. The van der Waals surface area contributed by atoms with Crippen molar-refractivity contribution in [2.75, 3.05) is 20.1 Å². The van der Waals surface area contributed by atoms with Crippen LogP contribution >= 0.6 is 0 Å². The molecule has 1 N–H and O–H groups in total. The van der Waals surface area contributed by atoms with Gasteiger partial charge in [-0.1, -0.05) is 32.6 Å². The van der Waals surface area contributed by atoms with Gasteiger partial charge in [-0.2, -0.15) is 0 Å². The van der Waals surface area contributed by atoms with Crippen LogP contribution in [0.5, 0.6) is 0 Å². The highest BCUT2D eigenvalue weighted by Crippen LogP contribution is 2.28. The van der Waals surface area contributed by atoms with E-state index in [0.717, 1.165) is 18.0 Å². The maximum absolute atomic E-state index is 3.90. The summed E-state index contributed by atoms with van der Waals surface area (Å²) in [4.78, 5) is 2.56. The molecule has 106 valence electrons. The Balaban J connectivity index is 1.75. The number of rotatable bonds is 5. The Labute approximate surface area is 114 Å². The molecule has 2 atom stereocenters. The number of hydrogen-bond acceptors (Lipinski definition) is 2. The molecule has 2 unspecified atom stereocenters. The first-order valence-electron chi connectivity index (χ1n) is 8.25. The molecule has 0 aromatic carbocycles. The number of nitrogens with zero attached hydrogens (tertiary/aromatic N) is 1. The van der Waals surface area contributed by atoms with Crippen LogP contribution in [0.15, 0.2) is 0 Å². The van der Waals surface area contributed by atoms with E-state index in [1.165, 1.54) is 70.9 Å². The zero-order valence-electron chi connectivity index (χ0n) is 12.5. The molecular formula is C16H32N2. The van der Waals surface area contributed by atoms with Crippen LogP contribution in [-0.2, 0) is 0 Å². The first-order valence-corrected chi connectivity index (χ1v) is 8.25. The van der Waals surface area contributed by atoms with Gasteiger partial charge in [0.2, 0.25) is 0 Å². The van der Waals surface area contributed by atoms with Gasteiger partial charge in [-0.3, -0.25) is 0 Å². The van der Waals surface area contributed by atoms with Gasteiger partial charge in [-0.15, -0.1) is 0 Å². The molecule has 2 fully saturated rings. The lowest BCUT2D eigenvalue weighted by atomic mass is 9.83. The molecule has 0 radical (unpaired) electrons. The van der Waals surface area contributed by atoms with E-state index in [9.17, 15) is 0 Å². The summed E-state index contributed by atoms with van der Waals surface area (Å²) in [6.45, 7) is 4.87. The standard InChI is InChI=1S/C16H32N2/c1-3-16(14-9-5-4-6-10-14)17-13-15-11-7-8-12-18(15)2/h14-17H,3-13H2,1-2H3. The smallest absolute Gasteiger partial charge is 0.0217 e. The minimum Gasteiger partial charge on any atom is -0.312 e. The summed E-state index contributed by atoms with van der Waals surface area (Å²) in [5, 5.41) is 3.90. The van der Waals surface area contributed by atoms with Gasteiger partial charge in [0.25, 0.3) is 0 Å². The van der Waals surface area contributed by atoms with Gasteiger partial charge in [-0.05, 0) is 51.6 Å². The maximum Gasteiger partial charge on any atom is 0.0217 e. The molecule has 0 amide bonds. The zero-order chi connectivity index (χ0) is 12.8. The van der Waals surface area contributed by atoms with Crippen LogP contribution < -0.4 is 5.32 Å². The zero-order valence-corrected chi connectivity index (χ0v) is 12.5. The Hall–Kier alpha value is -0.0800. The second-order valence-corrected chi connectivity index (χ2v) is 6.45. The average molecular weight is 252 g/mol. The van der Waals surface area contributed by atoms with Gasteiger partial charge in [0, 0.05) is 18.6 Å². The minimum atomic E-state index is 0.778. The van der Waals surface area contributed by atoms with Gasteiger partial charge in [0.15, 0.2) is 0 Å². The summed E-state index contributed by atoms with van der Waals surface area (Å²) in [5.41, 5.74) is 0. The van der Waals surface area contributed by atoms with Crippen LogP contribution in [0.4, 0.5) is 0 Å². The van der Waals surface area contributed by atoms with E-state index in [2.05, 4.69) is 24.2 Å². The molecule has 2 nitrogen and oxygen atoms in total. The third-order valence-corrected chi connectivity index (χ3v) is 5.20. The lowest BCUT2D eigenvalue weighted by Crippen LogP contribution is -2.47. The van der Waals surface area contributed by atoms with Gasteiger partial charge < -0.3 is 10.2 Å². The van der Waals surface area contributed by atoms with Crippen LogP contribution in [0, 0.1) is 5.92 Å². The molecule has 0 aromatic heterocycles. The number of piperidine rings is 1. The van der Waals surface area contributed by atoms with E-state index in [4.69, 9.17) is 0 Å². The molecule has 0 spiro atoms. The molecule has 0 aromatic rings. The van der Waals surface area contributed by atoms with E-state index < -0.39 is 0 Å². The summed E-state index contributed by atoms with van der Waals surface area (Å²) in [6, 6.07) is 1.57. The highest BCUT2D eigenvalue weighted by Gasteiger charge is 2.24. The molecule has 1 aliphatic heterocycles. The van der Waals surface area contributed by atoms with Crippen LogP contribution in [0.1, 0.15) is 64.7 Å². The van der Waals surface area contributed by atoms with Crippen molar-refractivity contribution in [3.05, 3.63) is 0 Å². The summed E-state index contributed by atoms with van der Waals surface area (Å²) in [7, 11) is 2.30. The minimum absolute atomic E-state index is 0.778. The number of hydrogen-bond donors (Lipinski definition) is 1. The van der Waals surface area contributed by atoms with Crippen molar-refractivity contribution < 1.29 is 0 Å². The normalized spacial score (nSPS) is 29.3. The lowest BCUT2D eigenvalue weighted by molar-refractivity contribution is 0.166. The van der Waals surface area contributed by atoms with E-state index in [0.29, 0.717) is 0 Å². The Kier molecular flexibility index (Phi) is 5.97. The summed E-state index contributed by atoms with van der Waals surface area (Å²) in [5.74, 6) is 0.956. The monoisotopic (exact) mass is 252 g/mol. The van der Waals surface area contributed by atoms with Gasteiger partial charge in [0.1, 0.15) is 0 Å². The molecule has 2 heteroatoms. The predicted octanol–water partition coefficient (Wildman–Crippen LogP) is 3.42. The van der Waals surface area contributed by atoms with Gasteiger partial charge in [-0.25, -0.2) is 0 Å². The van der Waals surface area contributed by atoms with Crippen molar-refractivity contribution in [3.63, 3.8) is 0 Å². The molecule has 0 bridgehead atoms. The molecule has 1 saturated heterocycles. The fourth-order valence-electron chi connectivity index (χ4n) is 3.87. The quantitative estimate of drug-likeness (QED) is 0.806. The molecule has 2 aliphatic rings. The van der Waals surface area contributed by atoms with Crippen molar-refractivity contribution in [2.24, 2.45) is 5.92 Å². The summed E-state index contributed by atoms with van der Waals surface area (Å²) < 4.78 is 0. The highest BCUT2D eigenvalue weighted by atomic mass is 15.2. The topological polar surface area (TPSA) is 15.3 Å². The predicted molar refractivity (Wildman–Crippen MR) is 78.9 cm³/mol. The van der Waals surface area contributed by atoms with Gasteiger partial charge in [0.05, 0.1) is 0 Å².